The third-order valence-electron chi connectivity index (χ3n) is 3.12. The Morgan fingerprint density at radius 2 is 2.47 bits per heavy atom. The van der Waals surface area contributed by atoms with Gasteiger partial charge in [-0.3, -0.25) is 0 Å². The maximum Gasteiger partial charge on any atom is 0.146 e. The van der Waals surface area contributed by atoms with E-state index in [1.165, 1.54) is 0 Å². The quantitative estimate of drug-likeness (QED) is 0.780. The lowest BCUT2D eigenvalue weighted by Crippen LogP contribution is -2.49. The summed E-state index contributed by atoms with van der Waals surface area (Å²) in [5.74, 6) is 0.789. The zero-order valence-electron chi connectivity index (χ0n) is 10.3. The van der Waals surface area contributed by atoms with Crippen LogP contribution in [0.2, 0.25) is 0 Å². The first-order chi connectivity index (χ1) is 8.26. The Labute approximate surface area is 102 Å². The average molecular weight is 231 g/mol. The number of aromatic nitrogens is 1. The third-order valence-corrected chi connectivity index (χ3v) is 3.12. The van der Waals surface area contributed by atoms with Crippen molar-refractivity contribution in [2.75, 3.05) is 18.1 Å². The number of nitriles is 1. The van der Waals surface area contributed by atoms with Gasteiger partial charge in [0.2, 0.25) is 0 Å². The van der Waals surface area contributed by atoms with Gasteiger partial charge in [0, 0.05) is 12.7 Å². The molecule has 1 fully saturated rings. The molecule has 0 radical (unpaired) electrons. The van der Waals surface area contributed by atoms with E-state index in [2.05, 4.69) is 22.9 Å². The average Bonchev–Trinajstić information content (AvgIpc) is 2.38. The first-order valence-corrected chi connectivity index (χ1v) is 5.99. The van der Waals surface area contributed by atoms with Crippen molar-refractivity contribution in [3.8, 4) is 6.07 Å². The number of hydrogen-bond acceptors (Lipinski definition) is 4. The molecule has 4 nitrogen and oxygen atoms in total. The predicted octanol–water partition coefficient (Wildman–Crippen LogP) is 1.96. The van der Waals surface area contributed by atoms with Gasteiger partial charge in [-0.2, -0.15) is 5.26 Å². The summed E-state index contributed by atoms with van der Waals surface area (Å²) in [7, 11) is 0. The zero-order valence-corrected chi connectivity index (χ0v) is 10.3. The molecule has 0 aliphatic carbocycles. The Bertz CT molecular complexity index is 427. The highest BCUT2D eigenvalue weighted by atomic mass is 16.5. The number of hydrogen-bond donors (Lipinski definition) is 0. The second-order valence-electron chi connectivity index (χ2n) is 4.34. The van der Waals surface area contributed by atoms with Crippen molar-refractivity contribution >= 4 is 5.82 Å². The van der Waals surface area contributed by atoms with Crippen molar-refractivity contribution in [1.29, 1.82) is 5.26 Å². The molecule has 1 aromatic heterocycles. The Morgan fingerprint density at radius 3 is 3.18 bits per heavy atom. The Kier molecular flexibility index (Phi) is 3.60. The first-order valence-electron chi connectivity index (χ1n) is 5.99. The first kappa shape index (κ1) is 11.9. The number of rotatable bonds is 2. The van der Waals surface area contributed by atoms with Crippen LogP contribution in [0.1, 0.15) is 25.8 Å². The van der Waals surface area contributed by atoms with E-state index in [1.54, 1.807) is 12.3 Å². The summed E-state index contributed by atoms with van der Waals surface area (Å²) >= 11 is 0. The van der Waals surface area contributed by atoms with Crippen LogP contribution in [0.25, 0.3) is 0 Å². The molecule has 2 atom stereocenters. The Morgan fingerprint density at radius 1 is 1.65 bits per heavy atom. The van der Waals surface area contributed by atoms with Crippen molar-refractivity contribution < 1.29 is 4.74 Å². The fraction of sp³-hybridized carbons (Fsp3) is 0.538. The second-order valence-corrected chi connectivity index (χ2v) is 4.34. The summed E-state index contributed by atoms with van der Waals surface area (Å²) in [6, 6.07) is 6.13. The van der Waals surface area contributed by atoms with Crippen molar-refractivity contribution in [3.63, 3.8) is 0 Å². The van der Waals surface area contributed by atoms with E-state index < -0.39 is 0 Å². The summed E-state index contributed by atoms with van der Waals surface area (Å²) < 4.78 is 5.65. The monoisotopic (exact) mass is 231 g/mol. The summed E-state index contributed by atoms with van der Waals surface area (Å²) in [4.78, 5) is 6.55. The number of anilines is 1. The van der Waals surface area contributed by atoms with E-state index in [0.29, 0.717) is 18.2 Å². The van der Waals surface area contributed by atoms with Crippen LogP contribution in [0.3, 0.4) is 0 Å². The van der Waals surface area contributed by atoms with Crippen molar-refractivity contribution in [2.24, 2.45) is 0 Å². The number of pyridine rings is 1. The van der Waals surface area contributed by atoms with E-state index in [1.807, 2.05) is 13.0 Å². The van der Waals surface area contributed by atoms with Gasteiger partial charge >= 0.3 is 0 Å². The van der Waals surface area contributed by atoms with E-state index >= 15 is 0 Å². The third kappa shape index (κ3) is 2.40. The van der Waals surface area contributed by atoms with Gasteiger partial charge in [-0.15, -0.1) is 0 Å². The molecule has 0 N–H and O–H groups in total. The fourth-order valence-electron chi connectivity index (χ4n) is 2.15. The summed E-state index contributed by atoms with van der Waals surface area (Å²) in [5.41, 5.74) is 0.639. The molecule has 1 aliphatic heterocycles. The maximum atomic E-state index is 9.13. The Balaban J connectivity index is 2.32. The molecule has 0 bridgehead atoms. The number of morpholine rings is 1. The van der Waals surface area contributed by atoms with Gasteiger partial charge in [-0.25, -0.2) is 4.98 Å². The Hall–Kier alpha value is -1.60. The highest BCUT2D eigenvalue weighted by Gasteiger charge is 2.27. The largest absolute Gasteiger partial charge is 0.375 e. The normalized spacial score (nSPS) is 24.4. The molecule has 0 amide bonds. The minimum atomic E-state index is 0.186. The number of ether oxygens (including phenoxy) is 1. The second kappa shape index (κ2) is 5.15. The van der Waals surface area contributed by atoms with Crippen LogP contribution in [0.15, 0.2) is 18.3 Å². The lowest BCUT2D eigenvalue weighted by molar-refractivity contribution is 0.0296. The lowest BCUT2D eigenvalue weighted by Gasteiger charge is -2.39. The van der Waals surface area contributed by atoms with Gasteiger partial charge < -0.3 is 9.64 Å². The molecule has 17 heavy (non-hydrogen) atoms. The van der Waals surface area contributed by atoms with E-state index in [-0.39, 0.29) is 6.10 Å². The standard InChI is InChI=1S/C13H17N3O/c1-3-12-9-17-10(2)8-16(12)13-11(7-14)5-4-6-15-13/h4-6,10,12H,3,8-9H2,1-2H3. The predicted molar refractivity (Wildman–Crippen MR) is 65.8 cm³/mol. The smallest absolute Gasteiger partial charge is 0.146 e. The molecule has 2 rings (SSSR count). The molecule has 4 heteroatoms. The number of nitrogens with zero attached hydrogens (tertiary/aromatic N) is 3. The van der Waals surface area contributed by atoms with Crippen LogP contribution in [0.5, 0.6) is 0 Å². The molecular formula is C13H17N3O. The molecule has 0 aromatic carbocycles. The lowest BCUT2D eigenvalue weighted by atomic mass is 10.1. The van der Waals surface area contributed by atoms with Gasteiger partial charge in [-0.1, -0.05) is 6.92 Å². The molecular weight excluding hydrogens is 214 g/mol. The highest BCUT2D eigenvalue weighted by Crippen LogP contribution is 2.24. The summed E-state index contributed by atoms with van der Waals surface area (Å²) in [5, 5.41) is 9.13. The fourth-order valence-corrected chi connectivity index (χ4v) is 2.15. The van der Waals surface area contributed by atoms with E-state index in [4.69, 9.17) is 10.00 Å². The zero-order chi connectivity index (χ0) is 12.3. The van der Waals surface area contributed by atoms with Crippen molar-refractivity contribution in [1.82, 2.24) is 4.98 Å². The molecule has 1 aromatic rings. The molecule has 0 spiro atoms. The van der Waals surface area contributed by atoms with Crippen LogP contribution in [0.4, 0.5) is 5.82 Å². The van der Waals surface area contributed by atoms with Crippen LogP contribution in [-0.4, -0.2) is 30.3 Å². The molecule has 2 unspecified atom stereocenters. The van der Waals surface area contributed by atoms with Crippen molar-refractivity contribution in [3.05, 3.63) is 23.9 Å². The van der Waals surface area contributed by atoms with Gasteiger partial charge in [0.05, 0.1) is 24.3 Å². The van der Waals surface area contributed by atoms with Crippen LogP contribution in [0, 0.1) is 11.3 Å². The maximum absolute atomic E-state index is 9.13. The summed E-state index contributed by atoms with van der Waals surface area (Å²) in [6.07, 6.45) is 2.92. The minimum absolute atomic E-state index is 0.186. The highest BCUT2D eigenvalue weighted by molar-refractivity contribution is 5.54. The molecule has 1 aliphatic rings. The van der Waals surface area contributed by atoms with Crippen LogP contribution >= 0.6 is 0 Å². The van der Waals surface area contributed by atoms with Crippen LogP contribution in [-0.2, 0) is 4.74 Å². The molecule has 1 saturated heterocycles. The van der Waals surface area contributed by atoms with Gasteiger partial charge in [0.15, 0.2) is 0 Å². The van der Waals surface area contributed by atoms with Gasteiger partial charge in [0.25, 0.3) is 0 Å². The topological polar surface area (TPSA) is 49.1 Å². The molecule has 90 valence electrons. The van der Waals surface area contributed by atoms with E-state index in [0.717, 1.165) is 18.8 Å². The van der Waals surface area contributed by atoms with Gasteiger partial charge in [-0.05, 0) is 25.5 Å². The van der Waals surface area contributed by atoms with Crippen LogP contribution < -0.4 is 4.90 Å². The van der Waals surface area contributed by atoms with Crippen molar-refractivity contribution in [2.45, 2.75) is 32.4 Å². The SMILES string of the molecule is CCC1COC(C)CN1c1ncccc1C#N. The molecule has 0 saturated carbocycles. The summed E-state index contributed by atoms with van der Waals surface area (Å²) in [6.45, 7) is 5.68. The van der Waals surface area contributed by atoms with E-state index in [9.17, 15) is 0 Å². The minimum Gasteiger partial charge on any atom is -0.375 e. The van der Waals surface area contributed by atoms with Gasteiger partial charge in [0.1, 0.15) is 11.9 Å². The molecule has 2 heterocycles.